The molecule has 0 N–H and O–H groups in total. The Kier molecular flexibility index (Phi) is 25.0. The molecular weight excluding hydrogens is 694 g/mol. The van der Waals surface area contributed by atoms with E-state index in [9.17, 15) is 5.26 Å². The van der Waals surface area contributed by atoms with E-state index in [0.29, 0.717) is 13.2 Å². The Labute approximate surface area is 405 Å². The summed E-state index contributed by atoms with van der Waals surface area (Å²) in [4.78, 5) is 6.34. The molecule has 222 valence electrons. The molecule has 1 aliphatic rings. The minimum Gasteiger partial charge on any atom is -0.490 e. The second kappa shape index (κ2) is 26.6. The van der Waals surface area contributed by atoms with Crippen LogP contribution in [-0.2, 0) is 7.05 Å². The normalized spacial score (nSPS) is 11.4. The maximum absolute atomic E-state index is 9.48. The van der Waals surface area contributed by atoms with Gasteiger partial charge in [0.25, 0.3) is 0 Å². The van der Waals surface area contributed by atoms with Crippen molar-refractivity contribution in [3.63, 3.8) is 0 Å². The molecule has 2 heterocycles. The van der Waals surface area contributed by atoms with Gasteiger partial charge in [0.05, 0.1) is 30.3 Å². The van der Waals surface area contributed by atoms with E-state index in [1.807, 2.05) is 47.0 Å². The highest BCUT2D eigenvalue weighted by molar-refractivity contribution is 8.33. The van der Waals surface area contributed by atoms with Crippen LogP contribution in [0, 0.1) is 11.3 Å². The summed E-state index contributed by atoms with van der Waals surface area (Å²) >= 11 is 0. The van der Waals surface area contributed by atoms with Crippen molar-refractivity contribution in [3.8, 4) is 11.8 Å². The molecule has 0 fully saturated rings. The van der Waals surface area contributed by atoms with E-state index in [0.717, 1.165) is 17.1 Å². The lowest BCUT2D eigenvalue weighted by Crippen LogP contribution is -2.93. The molecule has 44 radical (unpaired) electrons. The van der Waals surface area contributed by atoms with Crippen LogP contribution in [0.3, 0.4) is 0 Å². The van der Waals surface area contributed by atoms with Gasteiger partial charge in [0, 0.05) is 311 Å². The number of aromatic nitrogens is 2. The van der Waals surface area contributed by atoms with Crippen LogP contribution >= 0.6 is 0 Å². The van der Waals surface area contributed by atoms with Gasteiger partial charge in [-0.15, -0.1) is 0 Å². The highest BCUT2D eigenvalue weighted by Crippen LogP contribution is 2.36. The van der Waals surface area contributed by atoms with Crippen molar-refractivity contribution in [2.75, 3.05) is 18.1 Å². The molecule has 0 saturated carbocycles. The zero-order chi connectivity index (χ0) is 46.8. The quantitative estimate of drug-likeness (QED) is 0.121. The number of hydrogen-bond acceptors (Lipinski definition) is 4. The molecule has 2 aromatic rings. The maximum Gasteiger partial charge on any atom is 0.161 e. The minimum absolute atomic E-state index is 0.383. The molecule has 0 amide bonds. The number of para-hydroxylation sites is 2. The van der Waals surface area contributed by atoms with Gasteiger partial charge in [-0.3, -0.25) is 0 Å². The van der Waals surface area contributed by atoms with E-state index < -0.39 is 128 Å². The third-order valence-electron chi connectivity index (χ3n) is 11.6. The topological polar surface area (TPSA) is 54.1 Å². The molecule has 0 spiro atoms. The third kappa shape index (κ3) is 15.1. The molecule has 0 saturated heterocycles. The van der Waals surface area contributed by atoms with Gasteiger partial charge in [0.2, 0.25) is 0 Å². The van der Waals surface area contributed by atoms with Crippen LogP contribution in [0.2, 0.25) is 0 Å². The maximum atomic E-state index is 9.48. The Morgan fingerprint density at radius 1 is 0.525 bits per heavy atom. The summed E-state index contributed by atoms with van der Waals surface area (Å²) in [7, 11) is 140. The second-order valence-electron chi connectivity index (χ2n) is 16.1. The first-order chi connectivity index (χ1) is 28.3. The van der Waals surface area contributed by atoms with Gasteiger partial charge < -0.3 is 14.2 Å². The van der Waals surface area contributed by atoms with Crippen LogP contribution in [0.15, 0.2) is 36.8 Å². The van der Waals surface area contributed by atoms with E-state index >= 15 is 0 Å². The van der Waals surface area contributed by atoms with E-state index in [1.54, 1.807) is 6.33 Å². The number of aryl methyl sites for hydroxylation is 1. The Morgan fingerprint density at radius 3 is 1.16 bits per heavy atom. The summed E-state index contributed by atoms with van der Waals surface area (Å²) in [6.45, 7) is 1.27. The average molecular weight is 708 g/mol. The SMILES string of the molecule is Cn1cnc(C(C#N)N2CCOc3ccccc32)c1.[B]B([B])B(B([B])[B])B(B([B])[B])B(B(B(B([B])[B])B([B])[B])B(B([B])[B])B([B])[B])B(B(B([B])[B])B([B])[B])B(B([B])[B])B([B])[B]. The van der Waals surface area contributed by atoms with Crippen LogP contribution in [0.1, 0.15) is 11.7 Å². The van der Waals surface area contributed by atoms with Gasteiger partial charge in [0.1, 0.15) is 12.4 Å². The van der Waals surface area contributed by atoms with Crippen molar-refractivity contribution in [3.05, 3.63) is 42.5 Å². The van der Waals surface area contributed by atoms with Crippen molar-refractivity contribution in [1.82, 2.24) is 9.55 Å². The van der Waals surface area contributed by atoms with Gasteiger partial charge in [-0.25, -0.2) is 4.98 Å². The Balaban J connectivity index is 0.000000549. The van der Waals surface area contributed by atoms with Crippen molar-refractivity contribution in [2.45, 2.75) is 6.04 Å². The molecular formula is C14H14B42N4O. The largest absolute Gasteiger partial charge is 0.490 e. The fraction of sp³-hybridized carbons (Fsp3) is 0.286. The van der Waals surface area contributed by atoms with Crippen molar-refractivity contribution in [2.24, 2.45) is 7.05 Å². The van der Waals surface area contributed by atoms with Crippen LogP contribution in [0.4, 0.5) is 5.69 Å². The van der Waals surface area contributed by atoms with Gasteiger partial charge in [0.15, 0.2) is 6.04 Å². The summed E-state index contributed by atoms with van der Waals surface area (Å²) < 4.78 is 7.47. The first kappa shape index (κ1) is 57.4. The Hall–Kier alpha value is 0.247. The first-order valence-corrected chi connectivity index (χ1v) is 19.8. The Bertz CT molecular complexity index is 1480. The van der Waals surface area contributed by atoms with Crippen molar-refractivity contribution < 1.29 is 4.74 Å². The van der Waals surface area contributed by atoms with Gasteiger partial charge in [-0.2, -0.15) is 5.26 Å². The highest BCUT2D eigenvalue weighted by Gasteiger charge is 2.57. The first-order valence-electron chi connectivity index (χ1n) is 19.8. The number of anilines is 1. The molecule has 1 aromatic heterocycles. The molecule has 0 aliphatic carbocycles. The summed E-state index contributed by atoms with van der Waals surface area (Å²) in [5.74, 6) is 0.824. The van der Waals surface area contributed by atoms with Gasteiger partial charge in [-0.1, -0.05) is 12.1 Å². The van der Waals surface area contributed by atoms with Crippen molar-refractivity contribution >= 4 is 304 Å². The van der Waals surface area contributed by atoms with E-state index in [2.05, 4.69) is 11.1 Å². The molecule has 0 bridgehead atoms. The zero-order valence-corrected chi connectivity index (χ0v) is 34.9. The molecule has 47 heteroatoms. The van der Waals surface area contributed by atoms with Crippen molar-refractivity contribution in [1.29, 1.82) is 5.26 Å². The third-order valence-corrected chi connectivity index (χ3v) is 11.6. The molecule has 1 aromatic carbocycles. The lowest BCUT2D eigenvalue weighted by Gasteiger charge is -2.55. The standard InChI is InChI=1S/C14H14N4O.B42/c1-17-9-11(16-10-17)13(8-15)18-6-7-19-14-5-3-2-4-12(14)18;1-23(2)34(24(3)4)39(33(21)22)42(40(35(25(5)6)26(7)8)36(27(9)10)28(11)12)41(37(29(13)14)30(15)16)38(31(17)18)32(19)20/h2-5,9-10,13H,6-7H2,1H3;. The van der Waals surface area contributed by atoms with Gasteiger partial charge >= 0.3 is 0 Å². The number of fused-ring (bicyclic) bond motifs is 1. The van der Waals surface area contributed by atoms with Crippen LogP contribution in [-0.4, -0.2) is 321 Å². The number of rotatable bonds is 21. The zero-order valence-electron chi connectivity index (χ0n) is 34.9. The number of ether oxygens (including phenoxy) is 1. The molecule has 1 aliphatic heterocycles. The average Bonchev–Trinajstić information content (AvgIpc) is 3.55. The summed E-state index contributed by atoms with van der Waals surface area (Å²) in [6, 6.07) is 9.74. The predicted molar refractivity (Wildman–Crippen MR) is 313 cm³/mol. The monoisotopic (exact) mass is 717 g/mol. The summed E-state index contributed by atoms with van der Waals surface area (Å²) in [5.41, 5.74) is 1.72. The molecule has 61 heavy (non-hydrogen) atoms. The lowest BCUT2D eigenvalue weighted by atomic mass is 8.27. The Morgan fingerprint density at radius 2 is 0.852 bits per heavy atom. The molecule has 1 atom stereocenters. The molecule has 5 nitrogen and oxygen atoms in total. The number of benzene rings is 1. The molecule has 3 rings (SSSR count). The fourth-order valence-corrected chi connectivity index (χ4v) is 9.26. The predicted octanol–water partition coefficient (Wildman–Crippen LogP) is -14.1. The number of nitriles is 1. The highest BCUT2D eigenvalue weighted by atomic mass is 16.5. The summed E-state index contributed by atoms with van der Waals surface area (Å²) in [5, 5.41) is 9.48. The van der Waals surface area contributed by atoms with E-state index in [-0.39, 0.29) is 6.04 Å². The van der Waals surface area contributed by atoms with Crippen LogP contribution < -0.4 is 9.64 Å². The number of hydrogen-bond donors (Lipinski definition) is 0. The second-order valence-corrected chi connectivity index (χ2v) is 16.1. The number of imidazole rings is 1. The van der Waals surface area contributed by atoms with Gasteiger partial charge in [-0.05, 0) is 12.1 Å². The van der Waals surface area contributed by atoms with E-state index in [4.69, 9.17) is 175 Å². The van der Waals surface area contributed by atoms with Crippen LogP contribution in [0.25, 0.3) is 0 Å². The lowest BCUT2D eigenvalue weighted by molar-refractivity contribution is 0.304. The number of nitrogens with zero attached hydrogens (tertiary/aromatic N) is 4. The minimum atomic E-state index is -1.30. The fourth-order valence-electron chi connectivity index (χ4n) is 9.26. The van der Waals surface area contributed by atoms with E-state index in [1.165, 1.54) is 0 Å². The van der Waals surface area contributed by atoms with Crippen LogP contribution in [0.5, 0.6) is 5.75 Å². The molecule has 1 unspecified atom stereocenters. The summed E-state index contributed by atoms with van der Waals surface area (Å²) in [6.07, 6.45) is -19.9. The smallest absolute Gasteiger partial charge is 0.161 e.